The Hall–Kier alpha value is -1.55. The molecule has 2 rings (SSSR count). The van der Waals surface area contributed by atoms with Gasteiger partial charge < -0.3 is 10.1 Å². The fourth-order valence-electron chi connectivity index (χ4n) is 3.15. The number of carbonyl (C=O) groups excluding carboxylic acids is 1. The molecule has 0 bridgehead atoms. The van der Waals surface area contributed by atoms with E-state index in [4.69, 9.17) is 4.74 Å². The minimum absolute atomic E-state index is 0.0111. The zero-order chi connectivity index (χ0) is 16.8. The molecule has 1 atom stereocenters. The van der Waals surface area contributed by atoms with Crippen LogP contribution in [-0.4, -0.2) is 37.0 Å². The quantitative estimate of drug-likeness (QED) is 0.809. The minimum Gasteiger partial charge on any atom is -0.494 e. The van der Waals surface area contributed by atoms with Crippen LogP contribution >= 0.6 is 0 Å². The molecule has 0 saturated carbocycles. The molecule has 1 heterocycles. The molecule has 4 heteroatoms. The summed E-state index contributed by atoms with van der Waals surface area (Å²) in [5, 5.41) is 3.14. The van der Waals surface area contributed by atoms with Crippen molar-refractivity contribution >= 4 is 11.6 Å². The van der Waals surface area contributed by atoms with Crippen molar-refractivity contribution in [3.05, 3.63) is 23.3 Å². The maximum absolute atomic E-state index is 12.6. The van der Waals surface area contributed by atoms with E-state index >= 15 is 0 Å². The van der Waals surface area contributed by atoms with Crippen molar-refractivity contribution in [3.63, 3.8) is 0 Å². The van der Waals surface area contributed by atoms with Crippen LogP contribution in [0.15, 0.2) is 12.1 Å². The van der Waals surface area contributed by atoms with Crippen molar-refractivity contribution in [3.8, 4) is 5.75 Å². The number of hydrogen-bond donors (Lipinski definition) is 1. The fraction of sp³-hybridized carbons (Fsp3) is 0.632. The molecule has 1 unspecified atom stereocenters. The van der Waals surface area contributed by atoms with Crippen molar-refractivity contribution in [2.75, 3.05) is 25.5 Å². The number of aryl methyl sites for hydroxylation is 2. The van der Waals surface area contributed by atoms with Crippen LogP contribution in [0, 0.1) is 13.8 Å². The van der Waals surface area contributed by atoms with Crippen LogP contribution in [-0.2, 0) is 4.79 Å². The van der Waals surface area contributed by atoms with Gasteiger partial charge in [-0.15, -0.1) is 0 Å². The average Bonchev–Trinajstić information content (AvgIpc) is 2.51. The number of likely N-dealkylation sites (tertiary alicyclic amines) is 1. The topological polar surface area (TPSA) is 41.6 Å². The van der Waals surface area contributed by atoms with Gasteiger partial charge in [0.1, 0.15) is 5.75 Å². The number of amides is 1. The summed E-state index contributed by atoms with van der Waals surface area (Å²) in [4.78, 5) is 14.8. The second kappa shape index (κ2) is 8.34. The summed E-state index contributed by atoms with van der Waals surface area (Å²) in [6.07, 6.45) is 5.44. The number of ether oxygens (including phenoxy) is 1. The van der Waals surface area contributed by atoms with Gasteiger partial charge in [0.05, 0.1) is 12.6 Å². The number of likely N-dealkylation sites (N-methyl/N-ethyl adjacent to an activating group) is 1. The Bertz CT molecular complexity index is 519. The van der Waals surface area contributed by atoms with Gasteiger partial charge in [-0.3, -0.25) is 9.69 Å². The number of piperidine rings is 1. The monoisotopic (exact) mass is 318 g/mol. The Kier molecular flexibility index (Phi) is 6.46. The second-order valence-corrected chi connectivity index (χ2v) is 6.62. The Morgan fingerprint density at radius 3 is 2.61 bits per heavy atom. The summed E-state index contributed by atoms with van der Waals surface area (Å²) in [6.45, 7) is 7.95. The Balaban J connectivity index is 2.05. The summed E-state index contributed by atoms with van der Waals surface area (Å²) in [7, 11) is 2.04. The maximum atomic E-state index is 12.6. The third-order valence-corrected chi connectivity index (χ3v) is 4.59. The van der Waals surface area contributed by atoms with Gasteiger partial charge in [-0.2, -0.15) is 0 Å². The van der Waals surface area contributed by atoms with Crippen LogP contribution in [0.4, 0.5) is 5.69 Å². The molecule has 4 nitrogen and oxygen atoms in total. The van der Waals surface area contributed by atoms with Gasteiger partial charge in [0.25, 0.3) is 0 Å². The van der Waals surface area contributed by atoms with Crippen molar-refractivity contribution < 1.29 is 9.53 Å². The van der Waals surface area contributed by atoms with Gasteiger partial charge in [0, 0.05) is 5.69 Å². The molecule has 0 aliphatic carbocycles. The van der Waals surface area contributed by atoms with Gasteiger partial charge in [-0.05, 0) is 70.0 Å². The lowest BCUT2D eigenvalue weighted by Gasteiger charge is -2.31. The van der Waals surface area contributed by atoms with Gasteiger partial charge >= 0.3 is 0 Å². The molecule has 0 aromatic heterocycles. The SMILES string of the molecule is CCCCOc1cc(C)c(NC(=O)C2CCCCN2C)c(C)c1. The fourth-order valence-corrected chi connectivity index (χ4v) is 3.15. The highest BCUT2D eigenvalue weighted by Crippen LogP contribution is 2.27. The number of hydrogen-bond acceptors (Lipinski definition) is 3. The summed E-state index contributed by atoms with van der Waals surface area (Å²) in [5.41, 5.74) is 3.04. The molecule has 23 heavy (non-hydrogen) atoms. The molecular formula is C19H30N2O2. The van der Waals surface area contributed by atoms with E-state index in [2.05, 4.69) is 17.1 Å². The zero-order valence-electron chi connectivity index (χ0n) is 14.9. The Morgan fingerprint density at radius 1 is 1.30 bits per heavy atom. The summed E-state index contributed by atoms with van der Waals surface area (Å²) >= 11 is 0. The van der Waals surface area contributed by atoms with Crippen molar-refractivity contribution in [2.24, 2.45) is 0 Å². The number of nitrogens with zero attached hydrogens (tertiary/aromatic N) is 1. The van der Waals surface area contributed by atoms with Crippen molar-refractivity contribution in [2.45, 2.75) is 58.9 Å². The zero-order valence-corrected chi connectivity index (χ0v) is 14.9. The van der Waals surface area contributed by atoms with E-state index in [0.29, 0.717) is 0 Å². The van der Waals surface area contributed by atoms with E-state index < -0.39 is 0 Å². The normalized spacial score (nSPS) is 18.7. The van der Waals surface area contributed by atoms with Crippen LogP contribution in [0.5, 0.6) is 5.75 Å². The number of rotatable bonds is 6. The molecule has 1 N–H and O–H groups in total. The molecule has 1 aromatic rings. The lowest BCUT2D eigenvalue weighted by Crippen LogP contribution is -2.44. The van der Waals surface area contributed by atoms with Crippen LogP contribution in [0.3, 0.4) is 0 Å². The highest BCUT2D eigenvalue weighted by atomic mass is 16.5. The van der Waals surface area contributed by atoms with Crippen LogP contribution in [0.1, 0.15) is 50.2 Å². The molecular weight excluding hydrogens is 288 g/mol. The summed E-state index contributed by atoms with van der Waals surface area (Å²) < 4.78 is 5.78. The van der Waals surface area contributed by atoms with E-state index in [9.17, 15) is 4.79 Å². The molecule has 1 fully saturated rings. The molecule has 0 spiro atoms. The average molecular weight is 318 g/mol. The van der Waals surface area contributed by atoms with Crippen LogP contribution in [0.25, 0.3) is 0 Å². The van der Waals surface area contributed by atoms with E-state index in [1.165, 1.54) is 6.42 Å². The number of benzene rings is 1. The van der Waals surface area contributed by atoms with Crippen molar-refractivity contribution in [1.82, 2.24) is 4.90 Å². The largest absolute Gasteiger partial charge is 0.494 e. The second-order valence-electron chi connectivity index (χ2n) is 6.62. The van der Waals surface area contributed by atoms with Gasteiger partial charge in [0.15, 0.2) is 0 Å². The first-order valence-electron chi connectivity index (χ1n) is 8.78. The Morgan fingerprint density at radius 2 is 2.00 bits per heavy atom. The highest BCUT2D eigenvalue weighted by Gasteiger charge is 2.26. The third kappa shape index (κ3) is 4.71. The summed E-state index contributed by atoms with van der Waals surface area (Å²) in [5.74, 6) is 0.999. The third-order valence-electron chi connectivity index (χ3n) is 4.59. The first kappa shape index (κ1) is 17.8. The summed E-state index contributed by atoms with van der Waals surface area (Å²) in [6, 6.07) is 4.02. The molecule has 1 aliphatic heterocycles. The molecule has 1 amide bonds. The predicted octanol–water partition coefficient (Wildman–Crippen LogP) is 3.91. The lowest BCUT2D eigenvalue weighted by atomic mass is 10.0. The first-order valence-corrected chi connectivity index (χ1v) is 8.78. The minimum atomic E-state index is -0.0111. The standard InChI is InChI=1S/C19H30N2O2/c1-5-6-11-23-16-12-14(2)18(15(3)13-16)20-19(22)17-9-7-8-10-21(17)4/h12-13,17H,5-11H2,1-4H3,(H,20,22). The lowest BCUT2D eigenvalue weighted by molar-refractivity contribution is -0.121. The van der Waals surface area contributed by atoms with Crippen molar-refractivity contribution in [1.29, 1.82) is 0 Å². The van der Waals surface area contributed by atoms with Gasteiger partial charge in [-0.1, -0.05) is 19.8 Å². The molecule has 1 aliphatic rings. The van der Waals surface area contributed by atoms with Gasteiger partial charge in [-0.25, -0.2) is 0 Å². The molecule has 0 radical (unpaired) electrons. The number of anilines is 1. The smallest absolute Gasteiger partial charge is 0.241 e. The maximum Gasteiger partial charge on any atom is 0.241 e. The molecule has 1 aromatic carbocycles. The number of nitrogens with one attached hydrogen (secondary N) is 1. The number of carbonyl (C=O) groups is 1. The van der Waals surface area contributed by atoms with E-state index in [0.717, 1.165) is 61.4 Å². The highest BCUT2D eigenvalue weighted by molar-refractivity contribution is 5.96. The molecule has 128 valence electrons. The van der Waals surface area contributed by atoms with E-state index in [-0.39, 0.29) is 11.9 Å². The van der Waals surface area contributed by atoms with Gasteiger partial charge in [0.2, 0.25) is 5.91 Å². The Labute approximate surface area is 140 Å². The van der Waals surface area contributed by atoms with E-state index in [1.54, 1.807) is 0 Å². The van der Waals surface area contributed by atoms with Crippen LogP contribution in [0.2, 0.25) is 0 Å². The molecule has 1 saturated heterocycles. The first-order chi connectivity index (χ1) is 11.0. The van der Waals surface area contributed by atoms with Crippen LogP contribution < -0.4 is 10.1 Å². The van der Waals surface area contributed by atoms with E-state index in [1.807, 2.05) is 33.0 Å². The predicted molar refractivity (Wildman–Crippen MR) is 95.2 cm³/mol. The number of unbranched alkanes of at least 4 members (excludes halogenated alkanes) is 1.